The molecule has 226 valence electrons. The van der Waals surface area contributed by atoms with Crippen molar-refractivity contribution in [2.24, 2.45) is 5.92 Å². The largest absolute Gasteiger partial charge is 0.444 e. The quantitative estimate of drug-likeness (QED) is 0.244. The van der Waals surface area contributed by atoms with Gasteiger partial charge in [0.05, 0.1) is 0 Å². The van der Waals surface area contributed by atoms with Crippen LogP contribution in [0.25, 0.3) is 0 Å². The molecule has 0 aliphatic rings. The van der Waals surface area contributed by atoms with Crippen molar-refractivity contribution >= 4 is 23.6 Å². The number of anilines is 1. The Morgan fingerprint density at radius 3 is 2.12 bits per heavy atom. The number of hydrogen-bond donors (Lipinski definition) is 2. The first-order valence-electron chi connectivity index (χ1n) is 15.0. The van der Waals surface area contributed by atoms with Crippen LogP contribution in [-0.2, 0) is 14.3 Å². The molecule has 0 radical (unpaired) electrons. The molecular formula is C34H51N3O4. The molecule has 0 aliphatic carbocycles. The maximum atomic E-state index is 14.5. The molecule has 0 aliphatic heterocycles. The van der Waals surface area contributed by atoms with Crippen LogP contribution in [0.15, 0.2) is 42.5 Å². The first kappa shape index (κ1) is 33.9. The Bertz CT molecular complexity index is 1150. The number of benzene rings is 2. The molecule has 7 nitrogen and oxygen atoms in total. The van der Waals surface area contributed by atoms with Gasteiger partial charge < -0.3 is 20.3 Å². The minimum atomic E-state index is -0.880. The van der Waals surface area contributed by atoms with Crippen LogP contribution in [0.4, 0.5) is 10.5 Å². The Kier molecular flexibility index (Phi) is 12.9. The molecule has 0 fully saturated rings. The van der Waals surface area contributed by atoms with Crippen LogP contribution in [0.1, 0.15) is 102 Å². The van der Waals surface area contributed by atoms with Crippen molar-refractivity contribution in [2.75, 3.05) is 11.9 Å². The van der Waals surface area contributed by atoms with Gasteiger partial charge in [-0.2, -0.15) is 0 Å². The van der Waals surface area contributed by atoms with Gasteiger partial charge in [-0.3, -0.25) is 9.59 Å². The fourth-order valence-corrected chi connectivity index (χ4v) is 4.89. The molecule has 3 atom stereocenters. The lowest BCUT2D eigenvalue weighted by Crippen LogP contribution is -2.55. The average Bonchev–Trinajstić information content (AvgIpc) is 2.89. The SMILES string of the molecule is CCCCCCN(C(=O)C(NC(=O)OC(C)(C)C)C(C)CC)C(C(=O)Nc1c(C)cccc1C)c1cccc(C)c1. The zero-order valence-corrected chi connectivity index (χ0v) is 26.6. The highest BCUT2D eigenvalue weighted by molar-refractivity contribution is 6.00. The summed E-state index contributed by atoms with van der Waals surface area (Å²) in [6.07, 6.45) is 3.80. The topological polar surface area (TPSA) is 87.7 Å². The van der Waals surface area contributed by atoms with E-state index in [4.69, 9.17) is 4.74 Å². The monoisotopic (exact) mass is 565 g/mol. The molecule has 2 N–H and O–H groups in total. The normalized spacial score (nSPS) is 13.6. The van der Waals surface area contributed by atoms with Crippen molar-refractivity contribution in [3.05, 3.63) is 64.7 Å². The second kappa shape index (κ2) is 15.6. The van der Waals surface area contributed by atoms with Crippen LogP contribution in [0.3, 0.4) is 0 Å². The lowest BCUT2D eigenvalue weighted by molar-refractivity contribution is -0.142. The maximum Gasteiger partial charge on any atom is 0.408 e. The van der Waals surface area contributed by atoms with Gasteiger partial charge in [-0.25, -0.2) is 4.79 Å². The Morgan fingerprint density at radius 1 is 0.927 bits per heavy atom. The summed E-state index contributed by atoms with van der Waals surface area (Å²) < 4.78 is 5.52. The summed E-state index contributed by atoms with van der Waals surface area (Å²) in [4.78, 5) is 43.2. The summed E-state index contributed by atoms with van der Waals surface area (Å²) in [5, 5.41) is 5.99. The lowest BCUT2D eigenvalue weighted by Gasteiger charge is -2.36. The average molecular weight is 566 g/mol. The van der Waals surface area contributed by atoms with E-state index in [2.05, 4.69) is 17.6 Å². The fourth-order valence-electron chi connectivity index (χ4n) is 4.89. The Morgan fingerprint density at radius 2 is 1.56 bits per heavy atom. The highest BCUT2D eigenvalue weighted by Crippen LogP contribution is 2.29. The molecule has 2 aromatic rings. The number of carbonyl (C=O) groups is 3. The van der Waals surface area contributed by atoms with Crippen molar-refractivity contribution in [1.29, 1.82) is 0 Å². The molecule has 0 spiro atoms. The number of aryl methyl sites for hydroxylation is 3. The second-order valence-corrected chi connectivity index (χ2v) is 12.2. The lowest BCUT2D eigenvalue weighted by atomic mass is 9.95. The van der Waals surface area contributed by atoms with Crippen molar-refractivity contribution in [2.45, 2.75) is 112 Å². The number of nitrogens with one attached hydrogen (secondary N) is 2. The van der Waals surface area contributed by atoms with Gasteiger partial charge in [0.1, 0.15) is 17.7 Å². The Labute approximate surface area is 247 Å². The summed E-state index contributed by atoms with van der Waals surface area (Å²) in [6.45, 7) is 17.7. The molecule has 0 bridgehead atoms. The van der Waals surface area contributed by atoms with Crippen LogP contribution in [0.2, 0.25) is 0 Å². The summed E-state index contributed by atoms with van der Waals surface area (Å²) in [6, 6.07) is 11.9. The zero-order valence-electron chi connectivity index (χ0n) is 26.6. The first-order valence-corrected chi connectivity index (χ1v) is 15.0. The third-order valence-corrected chi connectivity index (χ3v) is 7.33. The highest BCUT2D eigenvalue weighted by atomic mass is 16.6. The molecule has 0 heterocycles. The van der Waals surface area contributed by atoms with Crippen LogP contribution >= 0.6 is 0 Å². The van der Waals surface area contributed by atoms with Gasteiger partial charge in [-0.1, -0.05) is 94.5 Å². The minimum absolute atomic E-state index is 0.173. The fraction of sp³-hybridized carbons (Fsp3) is 0.559. The molecule has 3 unspecified atom stereocenters. The summed E-state index contributed by atoms with van der Waals surface area (Å²) in [7, 11) is 0. The van der Waals surface area contributed by atoms with E-state index in [0.29, 0.717) is 13.0 Å². The number of unbranched alkanes of at least 4 members (excludes halogenated alkanes) is 3. The standard InChI is InChI=1S/C34H51N3O4/c1-10-12-13-14-21-37(32(39)29(24(4)11-2)36-33(40)41-34(7,8)9)30(27-20-15-17-23(3)22-27)31(38)35-28-25(5)18-16-19-26(28)6/h15-20,22,24,29-30H,10-14,21H2,1-9H3,(H,35,38)(H,36,40). The van der Waals surface area contributed by atoms with Gasteiger partial charge >= 0.3 is 6.09 Å². The molecular weight excluding hydrogens is 514 g/mol. The molecule has 41 heavy (non-hydrogen) atoms. The van der Waals surface area contributed by atoms with E-state index in [-0.39, 0.29) is 17.7 Å². The van der Waals surface area contributed by atoms with E-state index >= 15 is 0 Å². The van der Waals surface area contributed by atoms with E-state index in [1.165, 1.54) is 0 Å². The Balaban J connectivity index is 2.60. The van der Waals surface area contributed by atoms with E-state index in [1.54, 1.807) is 25.7 Å². The van der Waals surface area contributed by atoms with E-state index in [9.17, 15) is 14.4 Å². The van der Waals surface area contributed by atoms with E-state index < -0.39 is 23.8 Å². The minimum Gasteiger partial charge on any atom is -0.444 e. The van der Waals surface area contributed by atoms with Gasteiger partial charge in [0.2, 0.25) is 5.91 Å². The molecule has 0 aromatic heterocycles. The van der Waals surface area contributed by atoms with E-state index in [1.807, 2.05) is 77.1 Å². The van der Waals surface area contributed by atoms with Crippen molar-refractivity contribution < 1.29 is 19.1 Å². The summed E-state index contributed by atoms with van der Waals surface area (Å²) in [5.74, 6) is -0.741. The van der Waals surface area contributed by atoms with Crippen LogP contribution in [-0.4, -0.2) is 41.0 Å². The van der Waals surface area contributed by atoms with Gasteiger partial charge in [-0.15, -0.1) is 0 Å². The molecule has 0 saturated carbocycles. The predicted molar refractivity (Wildman–Crippen MR) is 167 cm³/mol. The molecule has 2 rings (SSSR count). The molecule has 2 aromatic carbocycles. The summed E-state index contributed by atoms with van der Waals surface area (Å²) in [5.41, 5.74) is 3.67. The molecule has 7 heteroatoms. The third kappa shape index (κ3) is 10.2. The van der Waals surface area contributed by atoms with Gasteiger partial charge in [0.15, 0.2) is 0 Å². The zero-order chi connectivity index (χ0) is 30.7. The highest BCUT2D eigenvalue weighted by Gasteiger charge is 2.38. The van der Waals surface area contributed by atoms with Crippen LogP contribution < -0.4 is 10.6 Å². The number of carbonyl (C=O) groups excluding carboxylic acids is 3. The van der Waals surface area contributed by atoms with Crippen molar-refractivity contribution in [3.8, 4) is 0 Å². The maximum absolute atomic E-state index is 14.5. The number of ether oxygens (including phenoxy) is 1. The molecule has 3 amide bonds. The van der Waals surface area contributed by atoms with Crippen molar-refractivity contribution in [1.82, 2.24) is 10.2 Å². The summed E-state index contributed by atoms with van der Waals surface area (Å²) >= 11 is 0. The number of alkyl carbamates (subject to hydrolysis) is 1. The Hall–Kier alpha value is -3.35. The van der Waals surface area contributed by atoms with Crippen LogP contribution in [0.5, 0.6) is 0 Å². The smallest absolute Gasteiger partial charge is 0.408 e. The second-order valence-electron chi connectivity index (χ2n) is 12.2. The number of para-hydroxylation sites is 1. The number of nitrogens with zero attached hydrogens (tertiary/aromatic N) is 1. The van der Waals surface area contributed by atoms with E-state index in [0.717, 1.165) is 53.6 Å². The van der Waals surface area contributed by atoms with Crippen molar-refractivity contribution in [3.63, 3.8) is 0 Å². The van der Waals surface area contributed by atoms with Crippen LogP contribution in [0, 0.1) is 26.7 Å². The number of amides is 3. The molecule has 0 saturated heterocycles. The number of rotatable bonds is 13. The van der Waals surface area contributed by atoms with Gasteiger partial charge in [-0.05, 0) is 70.6 Å². The number of hydrogen-bond acceptors (Lipinski definition) is 4. The van der Waals surface area contributed by atoms with Gasteiger partial charge in [0, 0.05) is 12.2 Å². The first-order chi connectivity index (χ1) is 19.3. The predicted octanol–water partition coefficient (Wildman–Crippen LogP) is 7.64. The van der Waals surface area contributed by atoms with Gasteiger partial charge in [0.25, 0.3) is 5.91 Å². The third-order valence-electron chi connectivity index (χ3n) is 7.33.